The van der Waals surface area contributed by atoms with Crippen molar-refractivity contribution in [2.75, 3.05) is 33.3 Å². The van der Waals surface area contributed by atoms with Crippen LogP contribution in [0.5, 0.6) is 23.0 Å². The predicted molar refractivity (Wildman–Crippen MR) is 117 cm³/mol. The Morgan fingerprint density at radius 2 is 1.66 bits per heavy atom. The molecule has 0 bridgehead atoms. The van der Waals surface area contributed by atoms with Crippen molar-refractivity contribution in [2.24, 2.45) is 0 Å². The largest absolute Gasteiger partial charge is 0.493 e. The summed E-state index contributed by atoms with van der Waals surface area (Å²) < 4.78 is 21.5. The Morgan fingerprint density at radius 1 is 1.03 bits per heavy atom. The fourth-order valence-electron chi connectivity index (χ4n) is 2.44. The Kier molecular flexibility index (Phi) is 7.85. The van der Waals surface area contributed by atoms with Crippen LogP contribution in [0, 0.1) is 0 Å². The van der Waals surface area contributed by atoms with Gasteiger partial charge in [0.1, 0.15) is 12.4 Å². The summed E-state index contributed by atoms with van der Waals surface area (Å²) in [7, 11) is 4.45. The average molecular weight is 416 g/mol. The summed E-state index contributed by atoms with van der Waals surface area (Å²) in [6.45, 7) is 6.07. The van der Waals surface area contributed by atoms with Gasteiger partial charge in [-0.2, -0.15) is 0 Å². The quantitative estimate of drug-likeness (QED) is 0.501. The van der Waals surface area contributed by atoms with Crippen molar-refractivity contribution in [1.29, 1.82) is 0 Å². The van der Waals surface area contributed by atoms with Gasteiger partial charge in [0.05, 0.1) is 27.0 Å². The minimum absolute atomic E-state index is 0.120. The molecule has 2 aromatic carbocycles. The van der Waals surface area contributed by atoms with Crippen molar-refractivity contribution < 1.29 is 23.7 Å². The molecule has 0 atom stereocenters. The van der Waals surface area contributed by atoms with E-state index in [4.69, 9.17) is 31.2 Å². The molecule has 0 aliphatic heterocycles. The van der Waals surface area contributed by atoms with E-state index in [1.807, 2.05) is 19.1 Å². The molecule has 1 amide bonds. The molecule has 0 radical (unpaired) electrons. The van der Waals surface area contributed by atoms with Crippen LogP contribution in [0.3, 0.4) is 0 Å². The summed E-state index contributed by atoms with van der Waals surface area (Å²) >= 11 is 5.28. The second kappa shape index (κ2) is 10.3. The molecule has 0 aliphatic rings. The Labute approximate surface area is 175 Å². The first-order chi connectivity index (χ1) is 13.9. The molecule has 7 nitrogen and oxygen atoms in total. The first-order valence-electron chi connectivity index (χ1n) is 8.68. The van der Waals surface area contributed by atoms with Crippen LogP contribution in [0.25, 0.3) is 0 Å². The molecule has 0 spiro atoms. The van der Waals surface area contributed by atoms with Crippen LogP contribution in [0.1, 0.15) is 17.3 Å². The number of hydrogen-bond acceptors (Lipinski definition) is 6. The van der Waals surface area contributed by atoms with Gasteiger partial charge in [0.15, 0.2) is 16.6 Å². The number of carbonyl (C=O) groups excluding carboxylic acids is 1. The van der Waals surface area contributed by atoms with Crippen LogP contribution in [-0.2, 0) is 0 Å². The van der Waals surface area contributed by atoms with Crippen molar-refractivity contribution >= 4 is 28.9 Å². The maximum Gasteiger partial charge on any atom is 0.257 e. The van der Waals surface area contributed by atoms with E-state index in [1.54, 1.807) is 24.3 Å². The highest BCUT2D eigenvalue weighted by Gasteiger charge is 2.18. The molecule has 2 rings (SSSR count). The number of amides is 1. The second-order valence-electron chi connectivity index (χ2n) is 6.06. The van der Waals surface area contributed by atoms with Crippen molar-refractivity contribution in [3.05, 3.63) is 54.1 Å². The topological polar surface area (TPSA) is 78.1 Å². The second-order valence-corrected chi connectivity index (χ2v) is 6.47. The van der Waals surface area contributed by atoms with Crippen molar-refractivity contribution in [2.45, 2.75) is 6.92 Å². The molecule has 29 heavy (non-hydrogen) atoms. The van der Waals surface area contributed by atoms with Crippen molar-refractivity contribution in [1.82, 2.24) is 5.32 Å². The van der Waals surface area contributed by atoms with Crippen molar-refractivity contribution in [3.63, 3.8) is 0 Å². The Balaban J connectivity index is 2.14. The number of methoxy groups -OCH3 is 3. The highest BCUT2D eigenvalue weighted by Crippen LogP contribution is 2.38. The fourth-order valence-corrected chi connectivity index (χ4v) is 2.64. The van der Waals surface area contributed by atoms with Crippen LogP contribution in [0.15, 0.2) is 48.6 Å². The number of thiocarbonyl (C=S) groups is 1. The standard InChI is InChI=1S/C21H24N2O5S/c1-13(2)12-28-16-9-7-6-8-15(16)22-21(29)23-20(24)14-10-17(25-3)19(27-5)18(11-14)26-4/h6-11H,1,12H2,2-5H3,(H2,22,23,24,29). The summed E-state index contributed by atoms with van der Waals surface area (Å²) in [5.74, 6) is 1.31. The van der Waals surface area contributed by atoms with Crippen LogP contribution in [0.4, 0.5) is 5.69 Å². The number of hydrogen-bond donors (Lipinski definition) is 2. The lowest BCUT2D eigenvalue weighted by molar-refractivity contribution is 0.0977. The first kappa shape index (κ1) is 22.0. The molecule has 154 valence electrons. The predicted octanol–water partition coefficient (Wildman–Crippen LogP) is 3.79. The third kappa shape index (κ3) is 5.86. The molecule has 0 aliphatic carbocycles. The molecule has 2 N–H and O–H groups in total. The fraction of sp³-hybridized carbons (Fsp3) is 0.238. The number of anilines is 1. The van der Waals surface area contributed by atoms with Gasteiger partial charge in [0.25, 0.3) is 5.91 Å². The summed E-state index contributed by atoms with van der Waals surface area (Å²) in [5.41, 5.74) is 1.82. The maximum atomic E-state index is 12.6. The molecule has 0 saturated carbocycles. The molecule has 0 heterocycles. The van der Waals surface area contributed by atoms with E-state index in [2.05, 4.69) is 17.2 Å². The summed E-state index contributed by atoms with van der Waals surface area (Å²) in [4.78, 5) is 12.6. The van der Waals surface area contributed by atoms with E-state index in [0.717, 1.165) is 5.57 Å². The molecular weight excluding hydrogens is 392 g/mol. The number of para-hydroxylation sites is 2. The molecule has 8 heteroatoms. The number of benzene rings is 2. The number of nitrogens with one attached hydrogen (secondary N) is 2. The number of carbonyl (C=O) groups is 1. The van der Waals surface area contributed by atoms with Gasteiger partial charge in [-0.1, -0.05) is 18.7 Å². The highest BCUT2D eigenvalue weighted by molar-refractivity contribution is 7.80. The number of ether oxygens (including phenoxy) is 4. The lowest BCUT2D eigenvalue weighted by Gasteiger charge is -2.16. The Bertz CT molecular complexity index is 889. The van der Waals surface area contributed by atoms with Gasteiger partial charge in [-0.25, -0.2) is 0 Å². The Hall–Kier alpha value is -3.26. The average Bonchev–Trinajstić information content (AvgIpc) is 2.71. The van der Waals surface area contributed by atoms with Gasteiger partial charge in [-0.05, 0) is 49.0 Å². The molecule has 0 fully saturated rings. The third-order valence-corrected chi connectivity index (χ3v) is 3.97. The van der Waals surface area contributed by atoms with E-state index >= 15 is 0 Å². The minimum atomic E-state index is -0.429. The molecule has 0 saturated heterocycles. The third-order valence-electron chi connectivity index (χ3n) is 3.76. The van der Waals surface area contributed by atoms with E-state index in [9.17, 15) is 4.79 Å². The van der Waals surface area contributed by atoms with E-state index in [0.29, 0.717) is 40.9 Å². The summed E-state index contributed by atoms with van der Waals surface area (Å²) in [6.07, 6.45) is 0. The van der Waals surface area contributed by atoms with Gasteiger partial charge in [0.2, 0.25) is 5.75 Å². The smallest absolute Gasteiger partial charge is 0.257 e. The van der Waals surface area contributed by atoms with E-state index in [1.165, 1.54) is 21.3 Å². The highest BCUT2D eigenvalue weighted by atomic mass is 32.1. The van der Waals surface area contributed by atoms with Crippen LogP contribution >= 0.6 is 12.2 Å². The summed E-state index contributed by atoms with van der Waals surface area (Å²) in [5, 5.41) is 5.73. The van der Waals surface area contributed by atoms with Gasteiger partial charge in [-0.3, -0.25) is 10.1 Å². The Morgan fingerprint density at radius 3 is 2.21 bits per heavy atom. The van der Waals surface area contributed by atoms with Crippen molar-refractivity contribution in [3.8, 4) is 23.0 Å². The maximum absolute atomic E-state index is 12.6. The molecule has 2 aromatic rings. The SMILES string of the molecule is C=C(C)COc1ccccc1NC(=S)NC(=O)c1cc(OC)c(OC)c(OC)c1. The lowest BCUT2D eigenvalue weighted by Crippen LogP contribution is -2.34. The number of rotatable bonds is 8. The van der Waals surface area contributed by atoms with E-state index in [-0.39, 0.29) is 5.11 Å². The van der Waals surface area contributed by atoms with Gasteiger partial charge < -0.3 is 24.3 Å². The molecular formula is C21H24N2O5S. The van der Waals surface area contributed by atoms with Gasteiger partial charge in [-0.15, -0.1) is 0 Å². The van der Waals surface area contributed by atoms with Crippen LogP contribution in [-0.4, -0.2) is 39.0 Å². The van der Waals surface area contributed by atoms with Crippen LogP contribution < -0.4 is 29.6 Å². The van der Waals surface area contributed by atoms with Gasteiger partial charge >= 0.3 is 0 Å². The zero-order valence-electron chi connectivity index (χ0n) is 16.8. The monoisotopic (exact) mass is 416 g/mol. The normalized spacial score (nSPS) is 9.93. The molecule has 0 aromatic heterocycles. The summed E-state index contributed by atoms with van der Waals surface area (Å²) in [6, 6.07) is 10.4. The van der Waals surface area contributed by atoms with E-state index < -0.39 is 5.91 Å². The minimum Gasteiger partial charge on any atom is -0.493 e. The van der Waals surface area contributed by atoms with Crippen LogP contribution in [0.2, 0.25) is 0 Å². The first-order valence-corrected chi connectivity index (χ1v) is 9.09. The zero-order valence-corrected chi connectivity index (χ0v) is 17.6. The van der Waals surface area contributed by atoms with Gasteiger partial charge in [0, 0.05) is 5.56 Å². The zero-order chi connectivity index (χ0) is 21.4. The lowest BCUT2D eigenvalue weighted by atomic mass is 10.1. The molecule has 0 unspecified atom stereocenters.